The fourth-order valence-electron chi connectivity index (χ4n) is 3.37. The molecular formula is C19H17FN4O2S. The Bertz CT molecular complexity index is 1160. The van der Waals surface area contributed by atoms with E-state index in [1.165, 1.54) is 28.6 Å². The molecule has 0 radical (unpaired) electrons. The minimum atomic E-state index is -3.64. The van der Waals surface area contributed by atoms with Crippen molar-refractivity contribution in [2.24, 2.45) is 0 Å². The molecule has 2 heterocycles. The Balaban J connectivity index is 1.79. The van der Waals surface area contributed by atoms with Crippen LogP contribution in [0.2, 0.25) is 0 Å². The quantitative estimate of drug-likeness (QED) is 0.726. The van der Waals surface area contributed by atoms with E-state index in [9.17, 15) is 18.1 Å². The minimum Gasteiger partial charge on any atom is -0.360 e. The molecule has 2 N–H and O–H groups in total. The lowest BCUT2D eigenvalue weighted by atomic mass is 10.00. The Morgan fingerprint density at radius 1 is 1.07 bits per heavy atom. The van der Waals surface area contributed by atoms with Gasteiger partial charge in [-0.1, -0.05) is 6.07 Å². The van der Waals surface area contributed by atoms with Crippen molar-refractivity contribution in [3.8, 4) is 17.2 Å². The fraction of sp³-hybridized carbons (Fsp3) is 0.211. The van der Waals surface area contributed by atoms with E-state index in [0.717, 1.165) is 10.9 Å². The van der Waals surface area contributed by atoms with Gasteiger partial charge in [-0.15, -0.1) is 0 Å². The van der Waals surface area contributed by atoms with Crippen LogP contribution in [0, 0.1) is 17.1 Å². The number of nitriles is 1. The first-order valence-corrected chi connectivity index (χ1v) is 9.97. The molecule has 138 valence electrons. The summed E-state index contributed by atoms with van der Waals surface area (Å²) >= 11 is 0. The highest BCUT2D eigenvalue weighted by Crippen LogP contribution is 2.33. The highest BCUT2D eigenvalue weighted by atomic mass is 32.2. The summed E-state index contributed by atoms with van der Waals surface area (Å²) in [5, 5.41) is 13.5. The van der Waals surface area contributed by atoms with Crippen molar-refractivity contribution >= 4 is 20.9 Å². The Hall–Kier alpha value is -2.73. The molecule has 0 aliphatic carbocycles. The van der Waals surface area contributed by atoms with Crippen molar-refractivity contribution in [3.05, 3.63) is 54.0 Å². The molecule has 3 aromatic rings. The molecule has 6 nitrogen and oxygen atoms in total. The van der Waals surface area contributed by atoms with Crippen LogP contribution in [0.4, 0.5) is 4.39 Å². The van der Waals surface area contributed by atoms with Crippen molar-refractivity contribution < 1.29 is 12.8 Å². The predicted molar refractivity (Wildman–Crippen MR) is 100 cm³/mol. The molecule has 2 aromatic carbocycles. The number of sulfonamides is 1. The van der Waals surface area contributed by atoms with Gasteiger partial charge < -0.3 is 10.3 Å². The molecule has 1 aliphatic rings. The SMILES string of the molecule is N#Cc1cc(S(=O)(=O)N2CCNCC2)ccc1-c1c[nH]c2cc(F)ccc12. The number of nitrogens with zero attached hydrogens (tertiary/aromatic N) is 2. The first kappa shape index (κ1) is 17.7. The van der Waals surface area contributed by atoms with E-state index >= 15 is 0 Å². The normalized spacial score (nSPS) is 15.7. The van der Waals surface area contributed by atoms with Crippen LogP contribution in [-0.4, -0.2) is 43.9 Å². The molecule has 4 rings (SSSR count). The number of benzene rings is 2. The van der Waals surface area contributed by atoms with Gasteiger partial charge in [-0.2, -0.15) is 9.57 Å². The highest BCUT2D eigenvalue weighted by Gasteiger charge is 2.26. The molecule has 1 aliphatic heterocycles. The van der Waals surface area contributed by atoms with Gasteiger partial charge in [-0.25, -0.2) is 12.8 Å². The summed E-state index contributed by atoms with van der Waals surface area (Å²) in [5.41, 5.74) is 2.21. The van der Waals surface area contributed by atoms with Crippen LogP contribution >= 0.6 is 0 Å². The zero-order valence-electron chi connectivity index (χ0n) is 14.4. The monoisotopic (exact) mass is 384 g/mol. The van der Waals surface area contributed by atoms with Crippen LogP contribution in [0.15, 0.2) is 47.5 Å². The zero-order chi connectivity index (χ0) is 19.0. The first-order valence-electron chi connectivity index (χ1n) is 8.53. The lowest BCUT2D eigenvalue weighted by molar-refractivity contribution is 0.360. The number of nitrogens with one attached hydrogen (secondary N) is 2. The summed E-state index contributed by atoms with van der Waals surface area (Å²) in [7, 11) is -3.64. The third kappa shape index (κ3) is 3.10. The van der Waals surface area contributed by atoms with Gasteiger partial charge in [0.2, 0.25) is 10.0 Å². The number of halogens is 1. The third-order valence-electron chi connectivity index (χ3n) is 4.76. The van der Waals surface area contributed by atoms with Gasteiger partial charge >= 0.3 is 0 Å². The molecule has 27 heavy (non-hydrogen) atoms. The third-order valence-corrected chi connectivity index (χ3v) is 6.65. The molecule has 0 atom stereocenters. The molecule has 0 amide bonds. The van der Waals surface area contributed by atoms with Gasteiger partial charge in [0.15, 0.2) is 0 Å². The van der Waals surface area contributed by atoms with Crippen LogP contribution in [0.3, 0.4) is 0 Å². The average Bonchev–Trinajstić information content (AvgIpc) is 3.10. The predicted octanol–water partition coefficient (Wildman–Crippen LogP) is 2.44. The second kappa shape index (κ2) is 6.78. The van der Waals surface area contributed by atoms with E-state index in [0.29, 0.717) is 37.3 Å². The van der Waals surface area contributed by atoms with E-state index in [1.807, 2.05) is 0 Å². The molecule has 1 saturated heterocycles. The molecule has 1 aromatic heterocycles. The standard InChI is InChI=1S/C19H17FN4O2S/c20-14-1-3-17-18(12-23-19(17)10-14)16-4-2-15(9-13(16)11-21)27(25,26)24-7-5-22-6-8-24/h1-4,9-10,12,22-23H,5-8H2. The van der Waals surface area contributed by atoms with Gasteiger partial charge in [0.25, 0.3) is 0 Å². The van der Waals surface area contributed by atoms with E-state index in [1.54, 1.807) is 18.3 Å². The van der Waals surface area contributed by atoms with Gasteiger partial charge in [0.05, 0.1) is 16.5 Å². The van der Waals surface area contributed by atoms with Crippen LogP contribution in [0.5, 0.6) is 0 Å². The van der Waals surface area contributed by atoms with Crippen LogP contribution in [0.25, 0.3) is 22.0 Å². The summed E-state index contributed by atoms with van der Waals surface area (Å²) in [5.74, 6) is -0.353. The molecule has 0 unspecified atom stereocenters. The first-order chi connectivity index (χ1) is 13.0. The molecule has 0 saturated carbocycles. The Labute approximate surface area is 156 Å². The van der Waals surface area contributed by atoms with Crippen LogP contribution < -0.4 is 5.32 Å². The van der Waals surface area contributed by atoms with Crippen molar-refractivity contribution in [1.82, 2.24) is 14.6 Å². The maximum Gasteiger partial charge on any atom is 0.243 e. The highest BCUT2D eigenvalue weighted by molar-refractivity contribution is 7.89. The number of fused-ring (bicyclic) bond motifs is 1. The largest absolute Gasteiger partial charge is 0.360 e. The van der Waals surface area contributed by atoms with Crippen molar-refractivity contribution in [2.75, 3.05) is 26.2 Å². The number of rotatable bonds is 3. The zero-order valence-corrected chi connectivity index (χ0v) is 15.2. The second-order valence-corrected chi connectivity index (χ2v) is 8.30. The van der Waals surface area contributed by atoms with Crippen molar-refractivity contribution in [1.29, 1.82) is 5.26 Å². The number of hydrogen-bond donors (Lipinski definition) is 2. The smallest absolute Gasteiger partial charge is 0.243 e. The van der Waals surface area contributed by atoms with E-state index < -0.39 is 10.0 Å². The Morgan fingerprint density at radius 2 is 1.85 bits per heavy atom. The second-order valence-electron chi connectivity index (χ2n) is 6.37. The molecule has 1 fully saturated rings. The maximum absolute atomic E-state index is 13.4. The van der Waals surface area contributed by atoms with Crippen molar-refractivity contribution in [3.63, 3.8) is 0 Å². The van der Waals surface area contributed by atoms with Crippen molar-refractivity contribution in [2.45, 2.75) is 4.90 Å². The maximum atomic E-state index is 13.4. The number of aromatic amines is 1. The lowest BCUT2D eigenvalue weighted by Crippen LogP contribution is -2.46. The number of piperazine rings is 1. The summed E-state index contributed by atoms with van der Waals surface area (Å²) in [4.78, 5) is 3.10. The molecular weight excluding hydrogens is 367 g/mol. The molecule has 8 heteroatoms. The van der Waals surface area contributed by atoms with Gasteiger partial charge in [-0.3, -0.25) is 0 Å². The summed E-state index contributed by atoms with van der Waals surface area (Å²) in [6.07, 6.45) is 1.70. The average molecular weight is 384 g/mol. The Morgan fingerprint density at radius 3 is 2.59 bits per heavy atom. The van der Waals surface area contributed by atoms with E-state index in [-0.39, 0.29) is 16.3 Å². The number of aromatic nitrogens is 1. The molecule has 0 bridgehead atoms. The van der Waals surface area contributed by atoms with Crippen LogP contribution in [0.1, 0.15) is 5.56 Å². The summed E-state index contributed by atoms with van der Waals surface area (Å²) < 4.78 is 40.5. The van der Waals surface area contributed by atoms with Crippen LogP contribution in [-0.2, 0) is 10.0 Å². The van der Waals surface area contributed by atoms with Gasteiger partial charge in [0.1, 0.15) is 5.82 Å². The Kier molecular flexibility index (Phi) is 4.44. The molecule has 0 spiro atoms. The van der Waals surface area contributed by atoms with Gasteiger partial charge in [-0.05, 0) is 30.3 Å². The fourth-order valence-corrected chi connectivity index (χ4v) is 4.83. The minimum absolute atomic E-state index is 0.107. The number of hydrogen-bond acceptors (Lipinski definition) is 4. The topological polar surface area (TPSA) is 89.0 Å². The lowest BCUT2D eigenvalue weighted by Gasteiger charge is -2.26. The van der Waals surface area contributed by atoms with E-state index in [4.69, 9.17) is 0 Å². The summed E-state index contributed by atoms with van der Waals surface area (Å²) in [6.45, 7) is 2.02. The van der Waals surface area contributed by atoms with E-state index in [2.05, 4.69) is 16.4 Å². The summed E-state index contributed by atoms with van der Waals surface area (Å²) in [6, 6.07) is 11.0. The van der Waals surface area contributed by atoms with Gasteiger partial charge in [0, 0.05) is 54.4 Å². The number of H-pyrrole nitrogens is 1.